The van der Waals surface area contributed by atoms with Crippen molar-refractivity contribution in [1.29, 1.82) is 0 Å². The molecule has 2 N–H and O–H groups in total. The summed E-state index contributed by atoms with van der Waals surface area (Å²) in [6.07, 6.45) is 0. The molecule has 3 heteroatoms. The summed E-state index contributed by atoms with van der Waals surface area (Å²) < 4.78 is 0. The molecule has 0 aliphatic heterocycles. The van der Waals surface area contributed by atoms with E-state index in [-0.39, 0.29) is 0 Å². The molecule has 96 valence electrons. The fourth-order valence-electron chi connectivity index (χ4n) is 1.95. The van der Waals surface area contributed by atoms with Crippen molar-refractivity contribution in [3.63, 3.8) is 0 Å². The van der Waals surface area contributed by atoms with Gasteiger partial charge in [0, 0.05) is 23.7 Å². The van der Waals surface area contributed by atoms with Gasteiger partial charge in [-0.1, -0.05) is 25.1 Å². The summed E-state index contributed by atoms with van der Waals surface area (Å²) in [5.74, 6) is 0. The van der Waals surface area contributed by atoms with E-state index in [1.54, 1.807) is 0 Å². The molecule has 0 aliphatic rings. The van der Waals surface area contributed by atoms with Gasteiger partial charge in [-0.15, -0.1) is 11.3 Å². The van der Waals surface area contributed by atoms with Crippen molar-refractivity contribution in [2.75, 3.05) is 12.3 Å². The summed E-state index contributed by atoms with van der Waals surface area (Å²) in [4.78, 5) is 3.84. The number of anilines is 1. The molecule has 0 aliphatic carbocycles. The number of aryl methyl sites for hydroxylation is 1. The molecular weight excluding hydrogens is 240 g/mol. The monoisotopic (exact) mass is 260 g/mol. The Hall–Kier alpha value is -1.32. The number of nitrogen functional groups attached to an aromatic ring is 1. The molecule has 2 rings (SSSR count). The van der Waals surface area contributed by atoms with Gasteiger partial charge in [-0.25, -0.2) is 0 Å². The van der Waals surface area contributed by atoms with Gasteiger partial charge < -0.3 is 5.73 Å². The Morgan fingerprint density at radius 2 is 2.06 bits per heavy atom. The van der Waals surface area contributed by atoms with Crippen molar-refractivity contribution >= 4 is 17.0 Å². The van der Waals surface area contributed by atoms with Crippen molar-refractivity contribution < 1.29 is 0 Å². The van der Waals surface area contributed by atoms with Crippen LogP contribution in [0.15, 0.2) is 35.7 Å². The minimum absolute atomic E-state index is 0.889. The number of nitrogens with two attached hydrogens (primary N) is 1. The molecule has 0 unspecified atom stereocenters. The van der Waals surface area contributed by atoms with E-state index in [9.17, 15) is 0 Å². The van der Waals surface area contributed by atoms with Crippen LogP contribution in [0.25, 0.3) is 0 Å². The number of thiophene rings is 1. The molecule has 0 saturated heterocycles. The summed E-state index contributed by atoms with van der Waals surface area (Å²) in [5, 5.41) is 2.13. The van der Waals surface area contributed by atoms with E-state index in [2.05, 4.69) is 47.5 Å². The van der Waals surface area contributed by atoms with Crippen LogP contribution in [0.2, 0.25) is 0 Å². The average Bonchev–Trinajstić information content (AvgIpc) is 2.86. The maximum atomic E-state index is 5.96. The normalized spacial score (nSPS) is 11.1. The lowest BCUT2D eigenvalue weighted by Gasteiger charge is -2.20. The Kier molecular flexibility index (Phi) is 4.39. The van der Waals surface area contributed by atoms with Crippen LogP contribution in [0.5, 0.6) is 0 Å². The standard InChI is InChI=1S/C15H20N2S/c1-3-17(11-14-5-4-8-18-14)10-13-7-6-12(2)15(16)9-13/h4-9H,3,10-11,16H2,1-2H3. The molecular formula is C15H20N2S. The number of hydrogen-bond acceptors (Lipinski definition) is 3. The molecule has 1 aromatic carbocycles. The number of hydrogen-bond donors (Lipinski definition) is 1. The predicted octanol–water partition coefficient (Wildman–Crippen LogP) is 3.66. The van der Waals surface area contributed by atoms with E-state index in [0.29, 0.717) is 0 Å². The fraction of sp³-hybridized carbons (Fsp3) is 0.333. The van der Waals surface area contributed by atoms with Crippen LogP contribution in [-0.4, -0.2) is 11.4 Å². The van der Waals surface area contributed by atoms with Gasteiger partial charge in [0.15, 0.2) is 0 Å². The second kappa shape index (κ2) is 6.03. The van der Waals surface area contributed by atoms with Crippen LogP contribution in [0.3, 0.4) is 0 Å². The van der Waals surface area contributed by atoms with Crippen molar-refractivity contribution in [3.8, 4) is 0 Å². The van der Waals surface area contributed by atoms with Gasteiger partial charge in [0.1, 0.15) is 0 Å². The topological polar surface area (TPSA) is 29.3 Å². The van der Waals surface area contributed by atoms with E-state index in [0.717, 1.165) is 30.9 Å². The average molecular weight is 260 g/mol. The lowest BCUT2D eigenvalue weighted by molar-refractivity contribution is 0.274. The molecule has 2 nitrogen and oxygen atoms in total. The second-order valence-electron chi connectivity index (χ2n) is 4.57. The van der Waals surface area contributed by atoms with Crippen LogP contribution in [-0.2, 0) is 13.1 Å². The Balaban J connectivity index is 2.03. The molecule has 0 radical (unpaired) electrons. The third kappa shape index (κ3) is 3.34. The van der Waals surface area contributed by atoms with Crippen LogP contribution in [0.1, 0.15) is 22.9 Å². The molecule has 0 fully saturated rings. The van der Waals surface area contributed by atoms with Gasteiger partial charge in [-0.05, 0) is 42.1 Å². The molecule has 1 heterocycles. The van der Waals surface area contributed by atoms with Gasteiger partial charge in [-0.3, -0.25) is 4.90 Å². The van der Waals surface area contributed by atoms with Crippen LogP contribution in [0, 0.1) is 6.92 Å². The second-order valence-corrected chi connectivity index (χ2v) is 5.61. The first-order valence-corrected chi connectivity index (χ1v) is 7.16. The number of nitrogens with zero attached hydrogens (tertiary/aromatic N) is 1. The zero-order valence-electron chi connectivity index (χ0n) is 11.0. The summed E-state index contributed by atoms with van der Waals surface area (Å²) in [6.45, 7) is 7.26. The van der Waals surface area contributed by atoms with E-state index in [1.165, 1.54) is 10.4 Å². The highest BCUT2D eigenvalue weighted by molar-refractivity contribution is 7.09. The van der Waals surface area contributed by atoms with Gasteiger partial charge >= 0.3 is 0 Å². The molecule has 18 heavy (non-hydrogen) atoms. The number of benzene rings is 1. The molecule has 0 spiro atoms. The third-order valence-electron chi connectivity index (χ3n) is 3.16. The van der Waals surface area contributed by atoms with Crippen molar-refractivity contribution in [2.24, 2.45) is 0 Å². The third-order valence-corrected chi connectivity index (χ3v) is 4.02. The number of rotatable bonds is 5. The van der Waals surface area contributed by atoms with E-state index in [1.807, 2.05) is 18.3 Å². The molecule has 2 aromatic rings. The Bertz CT molecular complexity index is 491. The van der Waals surface area contributed by atoms with Gasteiger partial charge in [0.25, 0.3) is 0 Å². The molecule has 0 amide bonds. The highest BCUT2D eigenvalue weighted by Gasteiger charge is 2.06. The molecule has 0 bridgehead atoms. The summed E-state index contributed by atoms with van der Waals surface area (Å²) in [7, 11) is 0. The first-order chi connectivity index (χ1) is 8.69. The zero-order chi connectivity index (χ0) is 13.0. The molecule has 0 atom stereocenters. The largest absolute Gasteiger partial charge is 0.399 e. The van der Waals surface area contributed by atoms with Crippen molar-refractivity contribution in [3.05, 3.63) is 51.7 Å². The molecule has 1 aromatic heterocycles. The van der Waals surface area contributed by atoms with Crippen LogP contribution >= 0.6 is 11.3 Å². The van der Waals surface area contributed by atoms with Crippen LogP contribution < -0.4 is 5.73 Å². The Labute approximate surface area is 113 Å². The van der Waals surface area contributed by atoms with Crippen LogP contribution in [0.4, 0.5) is 5.69 Å². The smallest absolute Gasteiger partial charge is 0.0346 e. The maximum Gasteiger partial charge on any atom is 0.0346 e. The minimum atomic E-state index is 0.889. The van der Waals surface area contributed by atoms with Crippen molar-refractivity contribution in [1.82, 2.24) is 4.90 Å². The van der Waals surface area contributed by atoms with Gasteiger partial charge in [0.05, 0.1) is 0 Å². The van der Waals surface area contributed by atoms with E-state index in [4.69, 9.17) is 5.73 Å². The highest BCUT2D eigenvalue weighted by atomic mass is 32.1. The highest BCUT2D eigenvalue weighted by Crippen LogP contribution is 2.17. The zero-order valence-corrected chi connectivity index (χ0v) is 11.8. The quantitative estimate of drug-likeness (QED) is 0.831. The van der Waals surface area contributed by atoms with Gasteiger partial charge in [-0.2, -0.15) is 0 Å². The van der Waals surface area contributed by atoms with Crippen molar-refractivity contribution in [2.45, 2.75) is 26.9 Å². The Morgan fingerprint density at radius 1 is 1.22 bits per heavy atom. The predicted molar refractivity (Wildman–Crippen MR) is 79.7 cm³/mol. The lowest BCUT2D eigenvalue weighted by Crippen LogP contribution is -2.21. The lowest BCUT2D eigenvalue weighted by atomic mass is 10.1. The first kappa shape index (κ1) is 13.1. The summed E-state index contributed by atoms with van der Waals surface area (Å²) in [6, 6.07) is 10.7. The summed E-state index contributed by atoms with van der Waals surface area (Å²) in [5.41, 5.74) is 9.29. The van der Waals surface area contributed by atoms with E-state index < -0.39 is 0 Å². The summed E-state index contributed by atoms with van der Waals surface area (Å²) >= 11 is 1.82. The first-order valence-electron chi connectivity index (χ1n) is 6.28. The Morgan fingerprint density at radius 3 is 2.67 bits per heavy atom. The van der Waals surface area contributed by atoms with Gasteiger partial charge in [0.2, 0.25) is 0 Å². The SMILES string of the molecule is CCN(Cc1ccc(C)c(N)c1)Cc1cccs1. The minimum Gasteiger partial charge on any atom is -0.399 e. The van der Waals surface area contributed by atoms with E-state index >= 15 is 0 Å². The molecule has 0 saturated carbocycles. The maximum absolute atomic E-state index is 5.96. The fourth-order valence-corrected chi connectivity index (χ4v) is 2.70.